The Labute approximate surface area is 117 Å². The van der Waals surface area contributed by atoms with E-state index in [0.717, 1.165) is 16.7 Å². The van der Waals surface area contributed by atoms with Crippen LogP contribution in [0, 0.1) is 6.92 Å². The Kier molecular flexibility index (Phi) is 4.29. The molecule has 1 amide bonds. The van der Waals surface area contributed by atoms with Crippen molar-refractivity contribution in [2.75, 3.05) is 20.8 Å². The van der Waals surface area contributed by atoms with E-state index in [1.165, 1.54) is 0 Å². The van der Waals surface area contributed by atoms with Crippen molar-refractivity contribution in [1.29, 1.82) is 0 Å². The van der Waals surface area contributed by atoms with Crippen LogP contribution in [0.1, 0.15) is 23.0 Å². The van der Waals surface area contributed by atoms with Gasteiger partial charge >= 0.3 is 0 Å². The summed E-state index contributed by atoms with van der Waals surface area (Å²) in [5.74, 6) is 0.833. The van der Waals surface area contributed by atoms with Gasteiger partial charge in [-0.3, -0.25) is 4.79 Å². The maximum atomic E-state index is 12.2. The van der Waals surface area contributed by atoms with Gasteiger partial charge in [-0.15, -0.1) is 0 Å². The highest BCUT2D eigenvalue weighted by molar-refractivity contribution is 5.99. The number of aryl methyl sites for hydroxylation is 1. The largest absolute Gasteiger partial charge is 0.497 e. The lowest BCUT2D eigenvalue weighted by molar-refractivity contribution is 0.0879. The average molecular weight is 277 g/mol. The third-order valence-electron chi connectivity index (χ3n) is 3.14. The van der Waals surface area contributed by atoms with Crippen LogP contribution in [0.2, 0.25) is 0 Å². The first-order chi connectivity index (χ1) is 9.56. The Morgan fingerprint density at radius 1 is 1.40 bits per heavy atom. The van der Waals surface area contributed by atoms with Crippen molar-refractivity contribution in [3.63, 3.8) is 0 Å². The van der Waals surface area contributed by atoms with Gasteiger partial charge in [0, 0.05) is 24.1 Å². The summed E-state index contributed by atoms with van der Waals surface area (Å²) in [6.45, 7) is 4.20. The minimum absolute atomic E-state index is 0.0744. The Bertz CT molecular complexity index is 618. The molecule has 0 fully saturated rings. The maximum absolute atomic E-state index is 12.2. The molecule has 0 unspecified atom stereocenters. The van der Waals surface area contributed by atoms with Crippen LogP contribution in [0.3, 0.4) is 0 Å². The van der Waals surface area contributed by atoms with Crippen LogP contribution >= 0.6 is 0 Å². The molecule has 0 radical (unpaired) electrons. The second-order valence-corrected chi connectivity index (χ2v) is 4.75. The highest BCUT2D eigenvalue weighted by Crippen LogP contribution is 2.28. The molecule has 2 aromatic rings. The molecular formula is C15H19NO4. The lowest BCUT2D eigenvalue weighted by atomic mass is 10.1. The predicted molar refractivity (Wildman–Crippen MR) is 76.3 cm³/mol. The van der Waals surface area contributed by atoms with Crippen LogP contribution < -0.4 is 10.1 Å². The first kappa shape index (κ1) is 14.4. The first-order valence-electron chi connectivity index (χ1n) is 6.43. The van der Waals surface area contributed by atoms with Gasteiger partial charge in [0.05, 0.1) is 13.7 Å². The van der Waals surface area contributed by atoms with E-state index in [9.17, 15) is 4.79 Å². The Morgan fingerprint density at radius 3 is 2.80 bits per heavy atom. The number of methoxy groups -OCH3 is 2. The molecule has 1 aromatic carbocycles. The van der Waals surface area contributed by atoms with E-state index in [2.05, 4.69) is 5.32 Å². The van der Waals surface area contributed by atoms with Gasteiger partial charge in [-0.2, -0.15) is 0 Å². The summed E-state index contributed by atoms with van der Waals surface area (Å²) in [6, 6.07) is 5.40. The topological polar surface area (TPSA) is 60.7 Å². The lowest BCUT2D eigenvalue weighted by Crippen LogP contribution is -2.35. The average Bonchev–Trinajstić information content (AvgIpc) is 2.76. The molecule has 0 aliphatic rings. The molecule has 0 bridgehead atoms. The quantitative estimate of drug-likeness (QED) is 0.912. The zero-order chi connectivity index (χ0) is 14.7. The highest BCUT2D eigenvalue weighted by Gasteiger charge is 2.19. The number of ether oxygens (including phenoxy) is 2. The fourth-order valence-electron chi connectivity index (χ4n) is 2.12. The molecule has 1 heterocycles. The van der Waals surface area contributed by atoms with Crippen molar-refractivity contribution in [3.05, 3.63) is 29.5 Å². The van der Waals surface area contributed by atoms with Crippen LogP contribution in [-0.4, -0.2) is 32.8 Å². The fourth-order valence-corrected chi connectivity index (χ4v) is 2.12. The summed E-state index contributed by atoms with van der Waals surface area (Å²) < 4.78 is 15.8. The number of furan rings is 1. The van der Waals surface area contributed by atoms with Gasteiger partial charge in [0.25, 0.3) is 5.91 Å². The smallest absolute Gasteiger partial charge is 0.287 e. The summed E-state index contributed by atoms with van der Waals surface area (Å²) in [5, 5.41) is 3.72. The summed E-state index contributed by atoms with van der Waals surface area (Å²) in [7, 11) is 3.21. The normalized spacial score (nSPS) is 12.4. The van der Waals surface area contributed by atoms with Gasteiger partial charge in [-0.25, -0.2) is 0 Å². The Balaban J connectivity index is 2.30. The zero-order valence-electron chi connectivity index (χ0n) is 12.1. The second-order valence-electron chi connectivity index (χ2n) is 4.75. The number of amides is 1. The number of carbonyl (C=O) groups is 1. The molecule has 5 nitrogen and oxygen atoms in total. The molecule has 0 saturated carbocycles. The Morgan fingerprint density at radius 2 is 2.15 bits per heavy atom. The second kappa shape index (κ2) is 5.96. The molecule has 0 aliphatic carbocycles. The molecular weight excluding hydrogens is 258 g/mol. The van der Waals surface area contributed by atoms with E-state index >= 15 is 0 Å². The van der Waals surface area contributed by atoms with Crippen molar-refractivity contribution >= 4 is 16.9 Å². The fraction of sp³-hybridized carbons (Fsp3) is 0.400. The van der Waals surface area contributed by atoms with E-state index in [-0.39, 0.29) is 11.9 Å². The van der Waals surface area contributed by atoms with Crippen molar-refractivity contribution < 1.29 is 18.7 Å². The Hall–Kier alpha value is -2.01. The standard InChI is InChI=1S/C15H19NO4/c1-9(8-18-3)16-15(17)14-10(2)12-7-11(19-4)5-6-13(12)20-14/h5-7,9H,8H2,1-4H3,(H,16,17)/t9-/m1/s1. The van der Waals surface area contributed by atoms with E-state index in [1.807, 2.05) is 19.9 Å². The van der Waals surface area contributed by atoms with Crippen molar-refractivity contribution in [3.8, 4) is 5.75 Å². The number of carbonyl (C=O) groups excluding carboxylic acids is 1. The van der Waals surface area contributed by atoms with Crippen molar-refractivity contribution in [2.45, 2.75) is 19.9 Å². The number of nitrogens with one attached hydrogen (secondary N) is 1. The number of fused-ring (bicyclic) bond motifs is 1. The van der Waals surface area contributed by atoms with Gasteiger partial charge in [0.15, 0.2) is 5.76 Å². The van der Waals surface area contributed by atoms with Crippen LogP contribution in [0.4, 0.5) is 0 Å². The first-order valence-corrected chi connectivity index (χ1v) is 6.43. The number of hydrogen-bond donors (Lipinski definition) is 1. The summed E-state index contributed by atoms with van der Waals surface area (Å²) in [6.07, 6.45) is 0. The predicted octanol–water partition coefficient (Wildman–Crippen LogP) is 2.51. The molecule has 108 valence electrons. The van der Waals surface area contributed by atoms with Crippen molar-refractivity contribution in [1.82, 2.24) is 5.32 Å². The number of rotatable bonds is 5. The van der Waals surface area contributed by atoms with Gasteiger partial charge in [-0.1, -0.05) is 0 Å². The van der Waals surface area contributed by atoms with Crippen LogP contribution in [0.5, 0.6) is 5.75 Å². The van der Waals surface area contributed by atoms with Crippen molar-refractivity contribution in [2.24, 2.45) is 0 Å². The third-order valence-corrected chi connectivity index (χ3v) is 3.14. The van der Waals surface area contributed by atoms with Gasteiger partial charge in [0.1, 0.15) is 11.3 Å². The number of benzene rings is 1. The molecule has 20 heavy (non-hydrogen) atoms. The minimum atomic E-state index is -0.234. The van der Waals surface area contributed by atoms with Crippen LogP contribution in [0.25, 0.3) is 11.0 Å². The maximum Gasteiger partial charge on any atom is 0.287 e. The molecule has 0 spiro atoms. The molecule has 5 heteroatoms. The minimum Gasteiger partial charge on any atom is -0.497 e. The number of hydrogen-bond acceptors (Lipinski definition) is 4. The molecule has 1 aromatic heterocycles. The van der Waals surface area contributed by atoms with E-state index in [1.54, 1.807) is 26.4 Å². The van der Waals surface area contributed by atoms with Gasteiger partial charge < -0.3 is 19.2 Å². The monoisotopic (exact) mass is 277 g/mol. The summed E-state index contributed by atoms with van der Waals surface area (Å²) >= 11 is 0. The highest BCUT2D eigenvalue weighted by atomic mass is 16.5. The van der Waals surface area contributed by atoms with E-state index < -0.39 is 0 Å². The van der Waals surface area contributed by atoms with Crippen LogP contribution in [-0.2, 0) is 4.74 Å². The zero-order valence-corrected chi connectivity index (χ0v) is 12.1. The van der Waals surface area contributed by atoms with E-state index in [0.29, 0.717) is 18.0 Å². The third kappa shape index (κ3) is 2.77. The van der Waals surface area contributed by atoms with Crippen LogP contribution in [0.15, 0.2) is 22.6 Å². The summed E-state index contributed by atoms with van der Waals surface area (Å²) in [4.78, 5) is 12.2. The van der Waals surface area contributed by atoms with Gasteiger partial charge in [-0.05, 0) is 32.0 Å². The summed E-state index contributed by atoms with van der Waals surface area (Å²) in [5.41, 5.74) is 1.48. The SMILES string of the molecule is COC[C@@H](C)NC(=O)c1oc2ccc(OC)cc2c1C. The van der Waals surface area contributed by atoms with E-state index in [4.69, 9.17) is 13.9 Å². The molecule has 1 N–H and O–H groups in total. The van der Waals surface area contributed by atoms with Gasteiger partial charge in [0.2, 0.25) is 0 Å². The molecule has 1 atom stereocenters. The molecule has 2 rings (SSSR count). The lowest BCUT2D eigenvalue weighted by Gasteiger charge is -2.11. The molecule has 0 saturated heterocycles. The molecule has 0 aliphatic heterocycles.